The van der Waals surface area contributed by atoms with Crippen molar-refractivity contribution >= 4 is 8.32 Å². The quantitative estimate of drug-likeness (QED) is 0.784. The summed E-state index contributed by atoms with van der Waals surface area (Å²) >= 11 is 0. The van der Waals surface area contributed by atoms with Gasteiger partial charge in [-0.3, -0.25) is 0 Å². The van der Waals surface area contributed by atoms with E-state index in [0.29, 0.717) is 18.1 Å². The first-order chi connectivity index (χ1) is 8.87. The molecule has 0 aliphatic heterocycles. The van der Waals surface area contributed by atoms with Gasteiger partial charge in [-0.05, 0) is 52.4 Å². The van der Waals surface area contributed by atoms with Gasteiger partial charge in [-0.15, -0.1) is 0 Å². The molecule has 20 heavy (non-hydrogen) atoms. The highest BCUT2D eigenvalue weighted by molar-refractivity contribution is 6.74. The van der Waals surface area contributed by atoms with Gasteiger partial charge in [0.15, 0.2) is 8.32 Å². The summed E-state index contributed by atoms with van der Waals surface area (Å²) in [6.07, 6.45) is 1.43. The predicted molar refractivity (Wildman–Crippen MR) is 88.7 cm³/mol. The molecule has 0 spiro atoms. The number of hydrogen-bond donors (Lipinski definition) is 1. The van der Waals surface area contributed by atoms with Gasteiger partial charge in [0.2, 0.25) is 0 Å². The maximum Gasteiger partial charge on any atom is 0.191 e. The lowest BCUT2D eigenvalue weighted by Gasteiger charge is -2.48. The molecule has 0 aromatic heterocycles. The molecule has 3 nitrogen and oxygen atoms in total. The molecule has 1 aliphatic carbocycles. The van der Waals surface area contributed by atoms with Crippen molar-refractivity contribution in [3.05, 3.63) is 0 Å². The highest BCUT2D eigenvalue weighted by Gasteiger charge is 2.45. The van der Waals surface area contributed by atoms with Crippen LogP contribution in [0.3, 0.4) is 0 Å². The summed E-state index contributed by atoms with van der Waals surface area (Å²) in [6.45, 7) is 18.7. The molecule has 1 N–H and O–H groups in total. The van der Waals surface area contributed by atoms with Crippen LogP contribution in [0.4, 0.5) is 0 Å². The van der Waals surface area contributed by atoms with Crippen LogP contribution in [0, 0.1) is 5.92 Å². The van der Waals surface area contributed by atoms with Crippen LogP contribution in [0.15, 0.2) is 0 Å². The first-order valence-electron chi connectivity index (χ1n) is 7.86. The van der Waals surface area contributed by atoms with Gasteiger partial charge in [0.05, 0.1) is 11.7 Å². The number of rotatable bonds is 5. The summed E-state index contributed by atoms with van der Waals surface area (Å²) < 4.78 is 12.6. The molecule has 0 amide bonds. The van der Waals surface area contributed by atoms with E-state index in [2.05, 4.69) is 60.0 Å². The molecule has 0 aromatic rings. The third-order valence-electron chi connectivity index (χ3n) is 4.80. The van der Waals surface area contributed by atoms with E-state index in [1.165, 1.54) is 0 Å². The lowest BCUT2D eigenvalue weighted by atomic mass is 9.76. The van der Waals surface area contributed by atoms with Crippen molar-refractivity contribution in [2.24, 2.45) is 5.92 Å². The smallest absolute Gasteiger partial charge is 0.191 e. The highest BCUT2D eigenvalue weighted by atomic mass is 28.4. The minimum Gasteiger partial charge on any atom is -0.416 e. The molecule has 0 aromatic carbocycles. The Morgan fingerprint density at radius 2 is 1.65 bits per heavy atom. The van der Waals surface area contributed by atoms with E-state index >= 15 is 0 Å². The van der Waals surface area contributed by atoms with Crippen LogP contribution in [0.1, 0.15) is 48.0 Å². The summed E-state index contributed by atoms with van der Waals surface area (Å²) in [4.78, 5) is 0. The second-order valence-electron chi connectivity index (χ2n) is 8.63. The van der Waals surface area contributed by atoms with E-state index in [1.54, 1.807) is 0 Å². The Balaban J connectivity index is 2.59. The first kappa shape index (κ1) is 18.1. The molecule has 1 saturated carbocycles. The molecule has 120 valence electrons. The van der Waals surface area contributed by atoms with Crippen molar-refractivity contribution in [3.8, 4) is 0 Å². The molecule has 0 heterocycles. The van der Waals surface area contributed by atoms with Crippen LogP contribution >= 0.6 is 0 Å². The maximum absolute atomic E-state index is 6.39. The van der Waals surface area contributed by atoms with Crippen LogP contribution in [-0.4, -0.2) is 39.7 Å². The van der Waals surface area contributed by atoms with Crippen molar-refractivity contribution in [2.45, 2.75) is 83.8 Å². The average molecular weight is 302 g/mol. The zero-order chi connectivity index (χ0) is 15.8. The van der Waals surface area contributed by atoms with E-state index in [0.717, 1.165) is 13.0 Å². The lowest BCUT2D eigenvalue weighted by Crippen LogP contribution is -2.58. The Kier molecular flexibility index (Phi) is 5.51. The van der Waals surface area contributed by atoms with Crippen LogP contribution < -0.4 is 5.32 Å². The Morgan fingerprint density at radius 1 is 1.10 bits per heavy atom. The Hall–Kier alpha value is 0.0969. The van der Waals surface area contributed by atoms with E-state index in [-0.39, 0.29) is 10.6 Å². The van der Waals surface area contributed by atoms with Crippen LogP contribution in [0.2, 0.25) is 18.1 Å². The highest BCUT2D eigenvalue weighted by Crippen LogP contribution is 2.39. The summed E-state index contributed by atoms with van der Waals surface area (Å²) in [5.74, 6) is 0.480. The minimum atomic E-state index is -1.66. The molecule has 0 bridgehead atoms. The number of ether oxygens (including phenoxy) is 1. The zero-order valence-corrected chi connectivity index (χ0v) is 16.0. The van der Waals surface area contributed by atoms with Crippen molar-refractivity contribution in [3.63, 3.8) is 0 Å². The van der Waals surface area contributed by atoms with E-state index < -0.39 is 8.32 Å². The Bertz CT molecular complexity index is 317. The molecule has 0 radical (unpaired) electrons. The summed E-state index contributed by atoms with van der Waals surface area (Å²) in [5, 5.41) is 3.67. The second-order valence-corrected chi connectivity index (χ2v) is 13.4. The largest absolute Gasteiger partial charge is 0.416 e. The van der Waals surface area contributed by atoms with Gasteiger partial charge in [0.1, 0.15) is 0 Å². The van der Waals surface area contributed by atoms with Crippen LogP contribution in [-0.2, 0) is 9.16 Å². The van der Waals surface area contributed by atoms with E-state index in [4.69, 9.17) is 9.16 Å². The van der Waals surface area contributed by atoms with Gasteiger partial charge in [-0.2, -0.15) is 0 Å². The minimum absolute atomic E-state index is 0.0708. The van der Waals surface area contributed by atoms with Gasteiger partial charge in [0, 0.05) is 18.6 Å². The first-order valence-corrected chi connectivity index (χ1v) is 10.8. The fourth-order valence-corrected chi connectivity index (χ4v) is 3.37. The van der Waals surface area contributed by atoms with Crippen molar-refractivity contribution < 1.29 is 9.16 Å². The fraction of sp³-hybridized carbons (Fsp3) is 1.00. The van der Waals surface area contributed by atoms with Gasteiger partial charge < -0.3 is 14.5 Å². The van der Waals surface area contributed by atoms with Gasteiger partial charge in [0.25, 0.3) is 0 Å². The van der Waals surface area contributed by atoms with Crippen molar-refractivity contribution in [1.29, 1.82) is 0 Å². The third-order valence-corrected chi connectivity index (χ3v) is 9.30. The lowest BCUT2D eigenvalue weighted by molar-refractivity contribution is -0.145. The van der Waals surface area contributed by atoms with Crippen LogP contribution in [0.25, 0.3) is 0 Å². The molecule has 4 heteroatoms. The summed E-state index contributed by atoms with van der Waals surface area (Å²) in [6, 6.07) is 0.534. The maximum atomic E-state index is 6.39. The van der Waals surface area contributed by atoms with Crippen molar-refractivity contribution in [2.75, 3.05) is 13.7 Å². The predicted octanol–water partition coefficient (Wildman–Crippen LogP) is 3.80. The normalized spacial score (nSPS) is 28.4. The number of hydrogen-bond acceptors (Lipinski definition) is 3. The average Bonchev–Trinajstić information content (AvgIpc) is 2.20. The molecule has 3 atom stereocenters. The summed E-state index contributed by atoms with van der Waals surface area (Å²) in [5.41, 5.74) is -0.0708. The number of nitrogens with one attached hydrogen (secondary N) is 1. The van der Waals surface area contributed by atoms with E-state index in [9.17, 15) is 0 Å². The van der Waals surface area contributed by atoms with Gasteiger partial charge in [-0.1, -0.05) is 20.8 Å². The molecular weight excluding hydrogens is 266 g/mol. The zero-order valence-electron chi connectivity index (χ0n) is 15.0. The third kappa shape index (κ3) is 4.55. The van der Waals surface area contributed by atoms with Gasteiger partial charge >= 0.3 is 0 Å². The summed E-state index contributed by atoms with van der Waals surface area (Å²) in [7, 11) is 0.375. The Morgan fingerprint density at radius 3 is 2.05 bits per heavy atom. The van der Waals surface area contributed by atoms with E-state index in [1.807, 2.05) is 7.05 Å². The second kappa shape index (κ2) is 6.07. The topological polar surface area (TPSA) is 30.5 Å². The molecule has 1 rings (SSSR count). The molecule has 1 fully saturated rings. The molecule has 1 aliphatic rings. The van der Waals surface area contributed by atoms with Crippen LogP contribution in [0.5, 0.6) is 0 Å². The standard InChI is InChI=1S/C16H35NO2Si/c1-15(2,3)19-14-10-13(17-7)12(14)11-18-20(8,9)16(4,5)6/h12-14,17H,10-11H2,1-9H3/t12-,13-,14+/m1/s1. The molecular formula is C16H35NO2Si. The molecule has 0 saturated heterocycles. The van der Waals surface area contributed by atoms with Crippen molar-refractivity contribution in [1.82, 2.24) is 5.32 Å². The molecule has 0 unspecified atom stereocenters. The fourth-order valence-electron chi connectivity index (χ4n) is 2.33. The monoisotopic (exact) mass is 301 g/mol. The van der Waals surface area contributed by atoms with Gasteiger partial charge in [-0.25, -0.2) is 0 Å². The SMILES string of the molecule is CN[C@@H]1C[C@H](OC(C)(C)C)[C@@H]1CO[Si](C)(C)C(C)(C)C. The Labute approximate surface area is 126 Å².